The largest absolute Gasteiger partial charge is 0.395 e. The van der Waals surface area contributed by atoms with E-state index >= 15 is 0 Å². The maximum Gasteiger partial charge on any atom is 0.0726 e. The number of aryl methyl sites for hydroxylation is 1. The van der Waals surface area contributed by atoms with Gasteiger partial charge in [-0.3, -0.25) is 4.98 Å². The lowest BCUT2D eigenvalue weighted by Gasteiger charge is -2.36. The van der Waals surface area contributed by atoms with Gasteiger partial charge in [-0.25, -0.2) is 0 Å². The Kier molecular flexibility index (Phi) is 4.39. The zero-order valence-electron chi connectivity index (χ0n) is 12.8. The lowest BCUT2D eigenvalue weighted by atomic mass is 9.93. The molecule has 0 radical (unpaired) electrons. The van der Waals surface area contributed by atoms with Crippen LogP contribution in [0.2, 0.25) is 0 Å². The molecule has 0 saturated heterocycles. The number of aliphatic hydroxyl groups is 1. The minimum atomic E-state index is 0.201. The molecular weight excluding hydrogens is 260 g/mol. The van der Waals surface area contributed by atoms with Crippen LogP contribution in [-0.2, 0) is 0 Å². The number of hydrogen-bond donors (Lipinski definition) is 1. The number of para-hydroxylation sites is 1. The molecule has 1 saturated carbocycles. The number of nitrogens with zero attached hydrogens (tertiary/aromatic N) is 2. The number of aliphatic hydroxyl groups excluding tert-OH is 1. The average Bonchev–Trinajstić information content (AvgIpc) is 2.52. The maximum atomic E-state index is 9.51. The highest BCUT2D eigenvalue weighted by Gasteiger charge is 2.22. The van der Waals surface area contributed by atoms with Crippen LogP contribution in [0.1, 0.15) is 37.8 Å². The topological polar surface area (TPSA) is 36.4 Å². The summed E-state index contributed by atoms with van der Waals surface area (Å²) in [5, 5.41) is 10.7. The second-order valence-corrected chi connectivity index (χ2v) is 6.01. The van der Waals surface area contributed by atoms with Crippen molar-refractivity contribution in [3.05, 3.63) is 36.0 Å². The van der Waals surface area contributed by atoms with Crippen molar-refractivity contribution >= 4 is 16.6 Å². The Morgan fingerprint density at radius 2 is 1.95 bits per heavy atom. The third kappa shape index (κ3) is 3.03. The van der Waals surface area contributed by atoms with Gasteiger partial charge in [-0.05, 0) is 31.9 Å². The standard InChI is InChI=1S/C18H24N2O/c1-14-13-18(16-9-5-6-10-17(16)19-14)20(11-12-21)15-7-3-2-4-8-15/h5-6,9-10,13,15,21H,2-4,7-8,11-12H2,1H3. The molecular formula is C18H24N2O. The Morgan fingerprint density at radius 3 is 2.71 bits per heavy atom. The Labute approximate surface area is 126 Å². The van der Waals surface area contributed by atoms with Crippen molar-refractivity contribution in [1.29, 1.82) is 0 Å². The Balaban J connectivity index is 2.05. The minimum Gasteiger partial charge on any atom is -0.395 e. The zero-order chi connectivity index (χ0) is 14.7. The molecule has 21 heavy (non-hydrogen) atoms. The van der Waals surface area contributed by atoms with Crippen molar-refractivity contribution in [1.82, 2.24) is 4.98 Å². The quantitative estimate of drug-likeness (QED) is 0.930. The normalized spacial score (nSPS) is 16.3. The predicted octanol–water partition coefficient (Wildman–Crippen LogP) is 3.67. The van der Waals surface area contributed by atoms with Gasteiger partial charge in [0.25, 0.3) is 0 Å². The molecule has 1 N–H and O–H groups in total. The molecule has 1 aliphatic rings. The highest BCUT2D eigenvalue weighted by molar-refractivity contribution is 5.92. The van der Waals surface area contributed by atoms with E-state index in [1.165, 1.54) is 43.2 Å². The summed E-state index contributed by atoms with van der Waals surface area (Å²) < 4.78 is 0. The van der Waals surface area contributed by atoms with Crippen LogP contribution in [-0.4, -0.2) is 29.3 Å². The highest BCUT2D eigenvalue weighted by atomic mass is 16.3. The molecule has 0 amide bonds. The second-order valence-electron chi connectivity index (χ2n) is 6.01. The first-order valence-electron chi connectivity index (χ1n) is 8.03. The van der Waals surface area contributed by atoms with Gasteiger partial charge in [-0.2, -0.15) is 0 Å². The SMILES string of the molecule is Cc1cc(N(CCO)C2CCCCC2)c2ccccc2n1. The Hall–Kier alpha value is -1.61. The molecule has 1 fully saturated rings. The van der Waals surface area contributed by atoms with Crippen molar-refractivity contribution < 1.29 is 5.11 Å². The molecule has 0 spiro atoms. The van der Waals surface area contributed by atoms with Crippen LogP contribution in [0.25, 0.3) is 10.9 Å². The molecule has 3 nitrogen and oxygen atoms in total. The number of benzene rings is 1. The highest BCUT2D eigenvalue weighted by Crippen LogP contribution is 2.32. The molecule has 3 rings (SSSR count). The van der Waals surface area contributed by atoms with Crippen LogP contribution in [0.15, 0.2) is 30.3 Å². The number of anilines is 1. The molecule has 1 aromatic heterocycles. The molecule has 0 atom stereocenters. The van der Waals surface area contributed by atoms with Crippen LogP contribution in [0.4, 0.5) is 5.69 Å². The van der Waals surface area contributed by atoms with Crippen LogP contribution in [0.3, 0.4) is 0 Å². The molecule has 2 aromatic rings. The van der Waals surface area contributed by atoms with E-state index in [0.29, 0.717) is 12.6 Å². The van der Waals surface area contributed by atoms with Crippen molar-refractivity contribution in [3.8, 4) is 0 Å². The maximum absolute atomic E-state index is 9.51. The van der Waals surface area contributed by atoms with E-state index in [1.54, 1.807) is 0 Å². The lowest BCUT2D eigenvalue weighted by molar-refractivity contribution is 0.290. The molecule has 3 heteroatoms. The summed E-state index contributed by atoms with van der Waals surface area (Å²) in [6.45, 7) is 2.96. The second kappa shape index (κ2) is 6.44. The number of aromatic nitrogens is 1. The van der Waals surface area contributed by atoms with Gasteiger partial charge in [-0.1, -0.05) is 37.5 Å². The van der Waals surface area contributed by atoms with Crippen molar-refractivity contribution in [2.24, 2.45) is 0 Å². The van der Waals surface area contributed by atoms with E-state index in [-0.39, 0.29) is 6.61 Å². The van der Waals surface area contributed by atoms with Crippen LogP contribution < -0.4 is 4.90 Å². The van der Waals surface area contributed by atoms with Gasteiger partial charge in [0.2, 0.25) is 0 Å². The molecule has 112 valence electrons. The number of pyridine rings is 1. The van der Waals surface area contributed by atoms with Gasteiger partial charge < -0.3 is 10.0 Å². The van der Waals surface area contributed by atoms with E-state index in [0.717, 1.165) is 11.2 Å². The van der Waals surface area contributed by atoms with Crippen LogP contribution >= 0.6 is 0 Å². The monoisotopic (exact) mass is 284 g/mol. The summed E-state index contributed by atoms with van der Waals surface area (Å²) in [6.07, 6.45) is 6.41. The number of hydrogen-bond acceptors (Lipinski definition) is 3. The molecule has 0 bridgehead atoms. The van der Waals surface area contributed by atoms with Gasteiger partial charge in [0, 0.05) is 29.4 Å². The summed E-state index contributed by atoms with van der Waals surface area (Å²) >= 11 is 0. The summed E-state index contributed by atoms with van der Waals surface area (Å²) in [6, 6.07) is 11.0. The van der Waals surface area contributed by atoms with Gasteiger partial charge in [0.05, 0.1) is 12.1 Å². The van der Waals surface area contributed by atoms with Gasteiger partial charge in [0.1, 0.15) is 0 Å². The van der Waals surface area contributed by atoms with E-state index < -0.39 is 0 Å². The first-order chi connectivity index (χ1) is 10.3. The van der Waals surface area contributed by atoms with Gasteiger partial charge >= 0.3 is 0 Å². The summed E-state index contributed by atoms with van der Waals surface area (Å²) in [7, 11) is 0. The number of rotatable bonds is 4. The molecule has 1 heterocycles. The van der Waals surface area contributed by atoms with E-state index in [4.69, 9.17) is 0 Å². The van der Waals surface area contributed by atoms with Crippen molar-refractivity contribution in [2.75, 3.05) is 18.1 Å². The zero-order valence-corrected chi connectivity index (χ0v) is 12.8. The fraction of sp³-hybridized carbons (Fsp3) is 0.500. The van der Waals surface area contributed by atoms with Gasteiger partial charge in [-0.15, -0.1) is 0 Å². The third-order valence-electron chi connectivity index (χ3n) is 4.49. The van der Waals surface area contributed by atoms with Crippen LogP contribution in [0.5, 0.6) is 0 Å². The van der Waals surface area contributed by atoms with E-state index in [2.05, 4.69) is 34.1 Å². The molecule has 0 aliphatic heterocycles. The Bertz CT molecular complexity index is 605. The molecule has 1 aromatic carbocycles. The Morgan fingerprint density at radius 1 is 1.19 bits per heavy atom. The average molecular weight is 284 g/mol. The smallest absolute Gasteiger partial charge is 0.0726 e. The van der Waals surface area contributed by atoms with E-state index in [1.807, 2.05) is 13.0 Å². The first-order valence-corrected chi connectivity index (χ1v) is 8.03. The summed E-state index contributed by atoms with van der Waals surface area (Å²) in [5.41, 5.74) is 3.33. The summed E-state index contributed by atoms with van der Waals surface area (Å²) in [5.74, 6) is 0. The van der Waals surface area contributed by atoms with E-state index in [9.17, 15) is 5.11 Å². The molecule has 1 aliphatic carbocycles. The van der Waals surface area contributed by atoms with Crippen LogP contribution in [0, 0.1) is 6.92 Å². The third-order valence-corrected chi connectivity index (χ3v) is 4.49. The summed E-state index contributed by atoms with van der Waals surface area (Å²) in [4.78, 5) is 7.05. The van der Waals surface area contributed by atoms with Crippen molar-refractivity contribution in [3.63, 3.8) is 0 Å². The number of fused-ring (bicyclic) bond motifs is 1. The minimum absolute atomic E-state index is 0.201. The predicted molar refractivity (Wildman–Crippen MR) is 87.8 cm³/mol. The first kappa shape index (κ1) is 14.3. The molecule has 0 unspecified atom stereocenters. The fourth-order valence-electron chi connectivity index (χ4n) is 3.52. The fourth-order valence-corrected chi connectivity index (χ4v) is 3.52. The lowest BCUT2D eigenvalue weighted by Crippen LogP contribution is -2.39. The van der Waals surface area contributed by atoms with Gasteiger partial charge in [0.15, 0.2) is 0 Å². The van der Waals surface area contributed by atoms with Crippen molar-refractivity contribution in [2.45, 2.75) is 45.1 Å².